The lowest BCUT2D eigenvalue weighted by atomic mass is 9.79. The molecular weight excluding hydrogens is 284 g/mol. The van der Waals surface area contributed by atoms with Gasteiger partial charge in [0.15, 0.2) is 0 Å². The molecule has 21 heavy (non-hydrogen) atoms. The first-order valence-electron chi connectivity index (χ1n) is 8.17. The van der Waals surface area contributed by atoms with Crippen LogP contribution in [0.3, 0.4) is 0 Å². The third-order valence-corrected chi connectivity index (χ3v) is 5.22. The second-order valence-electron chi connectivity index (χ2n) is 6.52. The Morgan fingerprint density at radius 2 is 2.10 bits per heavy atom. The molecule has 1 atom stereocenters. The number of benzene rings is 1. The lowest BCUT2D eigenvalue weighted by molar-refractivity contribution is -0.129. The number of halogens is 1. The van der Waals surface area contributed by atoms with Crippen LogP contribution in [0.25, 0.3) is 0 Å². The minimum atomic E-state index is 0.0883. The molecule has 116 valence electrons. The van der Waals surface area contributed by atoms with E-state index in [1.54, 1.807) is 0 Å². The van der Waals surface area contributed by atoms with E-state index in [4.69, 9.17) is 21.1 Å². The average Bonchev–Trinajstić information content (AvgIpc) is 2.50. The molecule has 1 aliphatic carbocycles. The molecule has 1 unspecified atom stereocenters. The highest BCUT2D eigenvalue weighted by molar-refractivity contribution is 6.17. The van der Waals surface area contributed by atoms with Crippen molar-refractivity contribution in [3.63, 3.8) is 0 Å². The smallest absolute Gasteiger partial charge is 0.127 e. The molecule has 0 N–H and O–H groups in total. The highest BCUT2D eigenvalue weighted by Crippen LogP contribution is 2.40. The summed E-state index contributed by atoms with van der Waals surface area (Å²) in [6, 6.07) is 6.21. The van der Waals surface area contributed by atoms with E-state index in [1.807, 2.05) is 6.07 Å². The molecule has 2 nitrogen and oxygen atoms in total. The van der Waals surface area contributed by atoms with Gasteiger partial charge in [-0.3, -0.25) is 0 Å². The molecular formula is C18H25ClO2. The molecule has 0 bridgehead atoms. The second kappa shape index (κ2) is 6.58. The number of para-hydroxylation sites is 1. The van der Waals surface area contributed by atoms with Crippen LogP contribution < -0.4 is 4.74 Å². The van der Waals surface area contributed by atoms with E-state index in [0.29, 0.717) is 5.88 Å². The van der Waals surface area contributed by atoms with Gasteiger partial charge in [0.1, 0.15) is 11.9 Å². The largest absolute Gasteiger partial charge is 0.490 e. The molecule has 1 heterocycles. The lowest BCUT2D eigenvalue weighted by Crippen LogP contribution is -2.45. The van der Waals surface area contributed by atoms with Crippen molar-refractivity contribution in [1.82, 2.24) is 0 Å². The summed E-state index contributed by atoms with van der Waals surface area (Å²) in [5, 5.41) is 0. The summed E-state index contributed by atoms with van der Waals surface area (Å²) in [4.78, 5) is 0. The number of alkyl halides is 1. The molecule has 1 aliphatic heterocycles. The van der Waals surface area contributed by atoms with Crippen LogP contribution in [0.15, 0.2) is 18.2 Å². The Balaban J connectivity index is 1.73. The second-order valence-corrected chi connectivity index (χ2v) is 6.79. The minimum Gasteiger partial charge on any atom is -0.490 e. The third kappa shape index (κ3) is 3.37. The van der Waals surface area contributed by atoms with Crippen molar-refractivity contribution in [3.05, 3.63) is 29.3 Å². The maximum absolute atomic E-state index is 6.37. The number of hydrogen-bond donors (Lipinski definition) is 0. The van der Waals surface area contributed by atoms with E-state index in [1.165, 1.54) is 37.7 Å². The topological polar surface area (TPSA) is 18.5 Å². The van der Waals surface area contributed by atoms with Gasteiger partial charge >= 0.3 is 0 Å². The van der Waals surface area contributed by atoms with E-state index < -0.39 is 0 Å². The summed E-state index contributed by atoms with van der Waals surface area (Å²) in [6.45, 7) is 2.92. The van der Waals surface area contributed by atoms with Gasteiger partial charge in [0, 0.05) is 18.4 Å². The van der Waals surface area contributed by atoms with Crippen molar-refractivity contribution in [2.24, 2.45) is 0 Å². The molecule has 1 saturated heterocycles. The Labute approximate surface area is 132 Å². The molecule has 0 aromatic heterocycles. The van der Waals surface area contributed by atoms with Crippen LogP contribution in [0, 0.1) is 6.92 Å². The fourth-order valence-corrected chi connectivity index (χ4v) is 3.99. The maximum atomic E-state index is 6.37. The summed E-state index contributed by atoms with van der Waals surface area (Å²) < 4.78 is 12.5. The first-order valence-corrected chi connectivity index (χ1v) is 8.71. The molecule has 2 aliphatic rings. The monoisotopic (exact) mass is 308 g/mol. The lowest BCUT2D eigenvalue weighted by Gasteiger charge is -2.43. The first kappa shape index (κ1) is 15.2. The number of ether oxygens (including phenoxy) is 2. The van der Waals surface area contributed by atoms with E-state index in [9.17, 15) is 0 Å². The van der Waals surface area contributed by atoms with Gasteiger partial charge in [-0.1, -0.05) is 37.5 Å². The molecule has 1 aromatic rings. The van der Waals surface area contributed by atoms with Crippen molar-refractivity contribution < 1.29 is 9.47 Å². The Kier molecular flexibility index (Phi) is 4.75. The van der Waals surface area contributed by atoms with Crippen molar-refractivity contribution in [2.75, 3.05) is 6.61 Å². The normalized spacial score (nSPS) is 25.0. The van der Waals surface area contributed by atoms with Crippen LogP contribution in [0.4, 0.5) is 0 Å². The molecule has 3 heteroatoms. The Hall–Kier alpha value is -0.730. The minimum absolute atomic E-state index is 0.0883. The zero-order chi connectivity index (χ0) is 14.7. The highest BCUT2D eigenvalue weighted by Gasteiger charge is 2.39. The molecule has 1 saturated carbocycles. The van der Waals surface area contributed by atoms with Crippen molar-refractivity contribution >= 4 is 11.6 Å². The van der Waals surface area contributed by atoms with Gasteiger partial charge < -0.3 is 9.47 Å². The number of hydrogen-bond acceptors (Lipinski definition) is 2. The van der Waals surface area contributed by atoms with Crippen molar-refractivity contribution in [2.45, 2.75) is 69.5 Å². The maximum Gasteiger partial charge on any atom is 0.127 e. The van der Waals surface area contributed by atoms with E-state index in [0.717, 1.165) is 30.8 Å². The predicted molar refractivity (Wildman–Crippen MR) is 86.2 cm³/mol. The SMILES string of the molecule is Cc1cccc(CCl)c1OC1CCOC2(CCCCC2)C1. The van der Waals surface area contributed by atoms with Gasteiger partial charge in [0.2, 0.25) is 0 Å². The van der Waals surface area contributed by atoms with Crippen LogP contribution >= 0.6 is 11.6 Å². The van der Waals surface area contributed by atoms with Crippen molar-refractivity contribution in [3.8, 4) is 5.75 Å². The van der Waals surface area contributed by atoms with Gasteiger partial charge in [-0.05, 0) is 25.3 Å². The molecule has 3 rings (SSSR count). The van der Waals surface area contributed by atoms with Gasteiger partial charge in [-0.25, -0.2) is 0 Å². The predicted octanol–water partition coefficient (Wildman–Crippen LogP) is 4.99. The molecule has 1 spiro atoms. The fourth-order valence-electron chi connectivity index (χ4n) is 3.78. The van der Waals surface area contributed by atoms with Crippen LogP contribution in [-0.4, -0.2) is 18.3 Å². The summed E-state index contributed by atoms with van der Waals surface area (Å²) in [5.74, 6) is 1.50. The van der Waals surface area contributed by atoms with Gasteiger partial charge in [-0.2, -0.15) is 0 Å². The number of rotatable bonds is 3. The van der Waals surface area contributed by atoms with Crippen LogP contribution in [0.5, 0.6) is 5.75 Å². The molecule has 1 aromatic carbocycles. The van der Waals surface area contributed by atoms with Crippen LogP contribution in [0.2, 0.25) is 0 Å². The quantitative estimate of drug-likeness (QED) is 0.732. The van der Waals surface area contributed by atoms with Gasteiger partial charge in [0.25, 0.3) is 0 Å². The van der Waals surface area contributed by atoms with E-state index >= 15 is 0 Å². The molecule has 2 fully saturated rings. The fraction of sp³-hybridized carbons (Fsp3) is 0.667. The number of aryl methyl sites for hydroxylation is 1. The van der Waals surface area contributed by atoms with Crippen LogP contribution in [0.1, 0.15) is 56.1 Å². The Morgan fingerprint density at radius 3 is 2.86 bits per heavy atom. The van der Waals surface area contributed by atoms with Gasteiger partial charge in [0.05, 0.1) is 18.1 Å². The Morgan fingerprint density at radius 1 is 1.29 bits per heavy atom. The third-order valence-electron chi connectivity index (χ3n) is 4.93. The van der Waals surface area contributed by atoms with E-state index in [-0.39, 0.29) is 11.7 Å². The van der Waals surface area contributed by atoms with E-state index in [2.05, 4.69) is 19.1 Å². The summed E-state index contributed by atoms with van der Waals surface area (Å²) in [6.07, 6.45) is 8.62. The zero-order valence-electron chi connectivity index (χ0n) is 12.9. The average molecular weight is 309 g/mol. The Bertz CT molecular complexity index is 475. The first-order chi connectivity index (χ1) is 10.2. The summed E-state index contributed by atoms with van der Waals surface area (Å²) in [7, 11) is 0. The highest BCUT2D eigenvalue weighted by atomic mass is 35.5. The summed E-state index contributed by atoms with van der Waals surface area (Å²) >= 11 is 6.06. The molecule has 0 amide bonds. The standard InChI is InChI=1S/C18H25ClO2/c1-14-6-5-7-15(13-19)17(14)21-16-8-11-20-18(12-16)9-3-2-4-10-18/h5-7,16H,2-4,8-13H2,1H3. The zero-order valence-corrected chi connectivity index (χ0v) is 13.6. The van der Waals surface area contributed by atoms with Crippen LogP contribution in [-0.2, 0) is 10.6 Å². The van der Waals surface area contributed by atoms with Crippen molar-refractivity contribution in [1.29, 1.82) is 0 Å². The molecule has 0 radical (unpaired) electrons. The van der Waals surface area contributed by atoms with Gasteiger partial charge in [-0.15, -0.1) is 11.6 Å². The summed E-state index contributed by atoms with van der Waals surface area (Å²) in [5.41, 5.74) is 2.36.